The van der Waals surface area contributed by atoms with Crippen LogP contribution in [-0.2, 0) is 0 Å². The van der Waals surface area contributed by atoms with Crippen LogP contribution < -0.4 is 0 Å². The van der Waals surface area contributed by atoms with Gasteiger partial charge in [-0.25, -0.2) is 0 Å². The van der Waals surface area contributed by atoms with Gasteiger partial charge in [-0.2, -0.15) is 0 Å². The third-order valence-corrected chi connectivity index (χ3v) is 7.99. The summed E-state index contributed by atoms with van der Waals surface area (Å²) in [4.78, 5) is 4.74. The molecule has 2 nitrogen and oxygen atoms in total. The minimum absolute atomic E-state index is 0.749. The lowest BCUT2D eigenvalue weighted by Gasteiger charge is -2.11. The van der Waals surface area contributed by atoms with Gasteiger partial charge in [-0.05, 0) is 77.6 Å². The van der Waals surface area contributed by atoms with E-state index < -0.39 is 0 Å². The van der Waals surface area contributed by atoms with E-state index in [9.17, 15) is 0 Å². The number of hydrogen-bond acceptors (Lipinski definition) is 1. The molecule has 0 amide bonds. The molecule has 6 aromatic rings. The van der Waals surface area contributed by atoms with Gasteiger partial charge in [0.25, 0.3) is 0 Å². The molecular formula is C40H32N2. The maximum Gasteiger partial charge on any atom is 0.105 e. The van der Waals surface area contributed by atoms with E-state index in [1.54, 1.807) is 0 Å². The van der Waals surface area contributed by atoms with E-state index in [2.05, 4.69) is 134 Å². The molecule has 0 aliphatic rings. The van der Waals surface area contributed by atoms with E-state index in [1.165, 1.54) is 21.7 Å². The second kappa shape index (κ2) is 11.2. The summed E-state index contributed by atoms with van der Waals surface area (Å²) in [6, 6.07) is 40.1. The lowest BCUT2D eigenvalue weighted by molar-refractivity contribution is 1.10. The third kappa shape index (κ3) is 4.76. The van der Waals surface area contributed by atoms with Gasteiger partial charge in [-0.15, -0.1) is 6.42 Å². The molecule has 1 aromatic heterocycles. The van der Waals surface area contributed by atoms with Crippen molar-refractivity contribution in [1.82, 2.24) is 4.57 Å². The van der Waals surface area contributed by atoms with Crippen molar-refractivity contribution in [2.45, 2.75) is 20.8 Å². The Kier molecular flexibility index (Phi) is 7.17. The first-order valence-corrected chi connectivity index (χ1v) is 14.2. The number of aliphatic imine (C=N–C) groups is 1. The van der Waals surface area contributed by atoms with E-state index in [-0.39, 0.29) is 0 Å². The van der Waals surface area contributed by atoms with Crippen LogP contribution >= 0.6 is 0 Å². The molecule has 2 heteroatoms. The summed E-state index contributed by atoms with van der Waals surface area (Å²) in [7, 11) is 0. The molecule has 6 rings (SSSR count). The van der Waals surface area contributed by atoms with Crippen LogP contribution in [0, 0.1) is 12.3 Å². The van der Waals surface area contributed by atoms with Gasteiger partial charge in [0.15, 0.2) is 0 Å². The summed E-state index contributed by atoms with van der Waals surface area (Å²) in [6.45, 7) is 10.4. The highest BCUT2D eigenvalue weighted by molar-refractivity contribution is 6.13. The number of fused-ring (bicyclic) bond motifs is 3. The van der Waals surface area contributed by atoms with E-state index in [0.717, 1.165) is 56.1 Å². The predicted octanol–water partition coefficient (Wildman–Crippen LogP) is 10.3. The summed E-state index contributed by atoms with van der Waals surface area (Å²) < 4.78 is 2.22. The molecule has 5 aromatic carbocycles. The van der Waals surface area contributed by atoms with E-state index in [0.29, 0.717) is 0 Å². The van der Waals surface area contributed by atoms with Gasteiger partial charge in [-0.1, -0.05) is 116 Å². The molecule has 42 heavy (non-hydrogen) atoms. The smallest absolute Gasteiger partial charge is 0.105 e. The normalized spacial score (nSPS) is 12.0. The van der Waals surface area contributed by atoms with Crippen LogP contribution in [0.25, 0.3) is 49.8 Å². The summed E-state index contributed by atoms with van der Waals surface area (Å²) in [5, 5.41) is 3.61. The van der Waals surface area contributed by atoms with Crippen molar-refractivity contribution in [3.8, 4) is 29.2 Å². The average molecular weight is 541 g/mol. The van der Waals surface area contributed by atoms with Gasteiger partial charge in [0.2, 0.25) is 0 Å². The Labute approximate surface area is 248 Å². The van der Waals surface area contributed by atoms with Gasteiger partial charge in [0.1, 0.15) is 5.69 Å². The first-order chi connectivity index (χ1) is 20.5. The second-order valence-electron chi connectivity index (χ2n) is 10.5. The van der Waals surface area contributed by atoms with E-state index in [1.807, 2.05) is 25.1 Å². The van der Waals surface area contributed by atoms with Crippen molar-refractivity contribution in [3.05, 3.63) is 150 Å². The molecule has 0 aliphatic carbocycles. The summed E-state index contributed by atoms with van der Waals surface area (Å²) >= 11 is 0. The van der Waals surface area contributed by atoms with Gasteiger partial charge in [0.05, 0.1) is 11.2 Å². The first kappa shape index (κ1) is 26.8. The number of nitrogens with zero attached hydrogens (tertiary/aromatic N) is 2. The molecular weight excluding hydrogens is 508 g/mol. The molecule has 0 spiro atoms. The summed E-state index contributed by atoms with van der Waals surface area (Å²) in [6.07, 6.45) is 8.33. The Hall–Kier alpha value is -5.39. The van der Waals surface area contributed by atoms with Crippen molar-refractivity contribution >= 4 is 38.7 Å². The first-order valence-electron chi connectivity index (χ1n) is 14.2. The van der Waals surface area contributed by atoms with E-state index in [4.69, 9.17) is 11.4 Å². The monoisotopic (exact) mass is 540 g/mol. The van der Waals surface area contributed by atoms with Crippen molar-refractivity contribution < 1.29 is 0 Å². The standard InChI is InChI=1S/C40H32N2/c1-6-27(3)39-37(7-2)42(38-26-23-34-15-11-12-16-36(34)40(38)39)35-24-21-33(22-25-35)32-19-17-31(18-20-32)29(5)41-28(4)30-13-9-8-10-14-30/h2,6,8-26H,5H2,1,3-4H3/b27-6-,41-28+. The molecule has 0 atom stereocenters. The topological polar surface area (TPSA) is 17.3 Å². The lowest BCUT2D eigenvalue weighted by atomic mass is 9.98. The lowest BCUT2D eigenvalue weighted by Crippen LogP contribution is -1.98. The minimum atomic E-state index is 0.749. The fourth-order valence-electron chi connectivity index (χ4n) is 5.66. The molecule has 0 radical (unpaired) electrons. The van der Waals surface area contributed by atoms with Crippen molar-refractivity contribution in [3.63, 3.8) is 0 Å². The van der Waals surface area contributed by atoms with Crippen LogP contribution in [0.3, 0.4) is 0 Å². The molecule has 202 valence electrons. The molecule has 0 saturated heterocycles. The number of allylic oxidation sites excluding steroid dienone is 2. The maximum atomic E-state index is 6.20. The van der Waals surface area contributed by atoms with Gasteiger partial charge >= 0.3 is 0 Å². The number of hydrogen-bond donors (Lipinski definition) is 0. The van der Waals surface area contributed by atoms with E-state index >= 15 is 0 Å². The Morgan fingerprint density at radius 1 is 0.762 bits per heavy atom. The zero-order valence-electron chi connectivity index (χ0n) is 24.2. The van der Waals surface area contributed by atoms with Crippen LogP contribution in [-0.4, -0.2) is 10.3 Å². The van der Waals surface area contributed by atoms with Crippen molar-refractivity contribution in [2.24, 2.45) is 4.99 Å². The largest absolute Gasteiger partial charge is 0.302 e. The highest BCUT2D eigenvalue weighted by atomic mass is 15.0. The number of benzene rings is 5. The third-order valence-electron chi connectivity index (χ3n) is 7.99. The van der Waals surface area contributed by atoms with Gasteiger partial charge in [0, 0.05) is 22.3 Å². The second-order valence-corrected chi connectivity index (χ2v) is 10.5. The average Bonchev–Trinajstić information content (AvgIpc) is 3.40. The molecule has 0 saturated carbocycles. The zero-order valence-corrected chi connectivity index (χ0v) is 24.2. The zero-order chi connectivity index (χ0) is 29.2. The van der Waals surface area contributed by atoms with Gasteiger partial charge < -0.3 is 4.57 Å². The van der Waals surface area contributed by atoms with Crippen LogP contribution in [0.1, 0.15) is 43.2 Å². The SMILES string of the molecule is C#Cc1c(/C(C)=C\C)c2c3ccccc3ccc2n1-c1ccc(-c2ccc(C(=C)/N=C(\C)c3ccccc3)cc2)cc1. The molecule has 0 N–H and O–H groups in total. The summed E-state index contributed by atoms with van der Waals surface area (Å²) in [5.74, 6) is 3.02. The predicted molar refractivity (Wildman–Crippen MR) is 181 cm³/mol. The van der Waals surface area contributed by atoms with Crippen LogP contribution in [0.15, 0.2) is 133 Å². The number of rotatable bonds is 6. The van der Waals surface area contributed by atoms with Gasteiger partial charge in [-0.3, -0.25) is 4.99 Å². The number of aromatic nitrogens is 1. The quantitative estimate of drug-likeness (QED) is 0.148. The Morgan fingerprint density at radius 2 is 1.40 bits per heavy atom. The Balaban J connectivity index is 1.36. The molecule has 1 heterocycles. The van der Waals surface area contributed by atoms with Crippen molar-refractivity contribution in [1.29, 1.82) is 0 Å². The Bertz CT molecular complexity index is 2040. The van der Waals surface area contributed by atoms with Crippen LogP contribution in [0.5, 0.6) is 0 Å². The number of terminal acetylenes is 1. The van der Waals surface area contributed by atoms with Crippen LogP contribution in [0.4, 0.5) is 0 Å². The fraction of sp³-hybridized carbons (Fsp3) is 0.0750. The molecule has 0 fully saturated rings. The fourth-order valence-corrected chi connectivity index (χ4v) is 5.66. The summed E-state index contributed by atoms with van der Waals surface area (Å²) in [5.41, 5.74) is 11.4. The maximum absolute atomic E-state index is 6.20. The van der Waals surface area contributed by atoms with Crippen molar-refractivity contribution in [2.75, 3.05) is 0 Å². The highest BCUT2D eigenvalue weighted by Crippen LogP contribution is 2.38. The highest BCUT2D eigenvalue weighted by Gasteiger charge is 2.20. The minimum Gasteiger partial charge on any atom is -0.302 e. The molecule has 0 aliphatic heterocycles. The van der Waals surface area contributed by atoms with Crippen LogP contribution in [0.2, 0.25) is 0 Å². The molecule has 0 bridgehead atoms. The Morgan fingerprint density at radius 3 is 2.07 bits per heavy atom. The molecule has 0 unspecified atom stereocenters.